The summed E-state index contributed by atoms with van der Waals surface area (Å²) in [6.45, 7) is 2.05. The Morgan fingerprint density at radius 1 is 1.45 bits per heavy atom. The summed E-state index contributed by atoms with van der Waals surface area (Å²) in [5.41, 5.74) is 0. The van der Waals surface area contributed by atoms with Crippen molar-refractivity contribution in [3.63, 3.8) is 0 Å². The van der Waals surface area contributed by atoms with Gasteiger partial charge in [-0.05, 0) is 19.1 Å². The molecule has 2 heteroatoms. The molecule has 0 amide bonds. The first-order valence-corrected chi connectivity index (χ1v) is 4.53. The topological polar surface area (TPSA) is 0 Å². The highest BCUT2D eigenvalue weighted by Gasteiger charge is 1.98. The second-order valence-electron chi connectivity index (χ2n) is 2.42. The molecule has 0 saturated heterocycles. The lowest BCUT2D eigenvalue weighted by atomic mass is 10.2. The Hall–Kier alpha value is -0.530. The van der Waals surface area contributed by atoms with Gasteiger partial charge < -0.3 is 0 Å². The van der Waals surface area contributed by atoms with Crippen molar-refractivity contribution in [1.29, 1.82) is 0 Å². The number of benzene rings is 1. The Morgan fingerprint density at radius 2 is 2.27 bits per heavy atom. The van der Waals surface area contributed by atoms with Crippen LogP contribution in [0.5, 0.6) is 0 Å². The van der Waals surface area contributed by atoms with E-state index in [0.717, 1.165) is 10.4 Å². The minimum atomic E-state index is 0.799. The predicted octanol–water partition coefficient (Wildman–Crippen LogP) is 3.66. The Balaban J connectivity index is 2.82. The fourth-order valence-electron chi connectivity index (χ4n) is 1.06. The molecule has 0 spiro atoms. The average molecular weight is 182 g/mol. The maximum Gasteiger partial charge on any atom is 0.0420 e. The average Bonchev–Trinajstić information content (AvgIpc) is 2.27. The van der Waals surface area contributed by atoms with Crippen LogP contribution in [0, 0.1) is 13.0 Å². The molecule has 0 fully saturated rings. The summed E-state index contributed by atoms with van der Waals surface area (Å²) in [4.78, 5) is 1.21. The van der Waals surface area contributed by atoms with Crippen molar-refractivity contribution in [2.24, 2.45) is 0 Å². The summed E-state index contributed by atoms with van der Waals surface area (Å²) in [5.74, 6) is 0. The first-order chi connectivity index (χ1) is 5.25. The van der Waals surface area contributed by atoms with E-state index in [1.54, 1.807) is 11.3 Å². The zero-order valence-electron chi connectivity index (χ0n) is 6.02. The molecule has 1 aromatic carbocycles. The second kappa shape index (κ2) is 2.50. The molecular formula is C9H6ClS. The van der Waals surface area contributed by atoms with E-state index >= 15 is 0 Å². The van der Waals surface area contributed by atoms with E-state index in [1.165, 1.54) is 9.58 Å². The second-order valence-corrected chi connectivity index (χ2v) is 4.12. The fraction of sp³-hybridized carbons (Fsp3) is 0.111. The van der Waals surface area contributed by atoms with Crippen LogP contribution in [0.2, 0.25) is 5.02 Å². The van der Waals surface area contributed by atoms with Gasteiger partial charge in [0.2, 0.25) is 0 Å². The Bertz CT molecular complexity index is 389. The lowest BCUT2D eigenvalue weighted by Gasteiger charge is -1.87. The van der Waals surface area contributed by atoms with Gasteiger partial charge in [-0.15, -0.1) is 11.3 Å². The van der Waals surface area contributed by atoms with E-state index < -0.39 is 0 Å². The monoisotopic (exact) mass is 181 g/mol. The molecule has 1 radical (unpaired) electrons. The van der Waals surface area contributed by atoms with Gasteiger partial charge in [-0.2, -0.15) is 0 Å². The van der Waals surface area contributed by atoms with Crippen LogP contribution < -0.4 is 0 Å². The van der Waals surface area contributed by atoms with Gasteiger partial charge >= 0.3 is 0 Å². The van der Waals surface area contributed by atoms with Crippen LogP contribution in [0.15, 0.2) is 18.2 Å². The molecule has 0 aliphatic carbocycles. The third kappa shape index (κ3) is 1.26. The van der Waals surface area contributed by atoms with Crippen LogP contribution in [-0.4, -0.2) is 0 Å². The summed E-state index contributed by atoms with van der Waals surface area (Å²) in [5, 5.41) is 1.96. The summed E-state index contributed by atoms with van der Waals surface area (Å²) < 4.78 is 1.22. The normalized spacial score (nSPS) is 10.7. The Morgan fingerprint density at radius 3 is 3.09 bits per heavy atom. The SMILES string of the molecule is Cc1[c]c2ccc(Cl)cc2s1. The molecule has 11 heavy (non-hydrogen) atoms. The lowest BCUT2D eigenvalue weighted by Crippen LogP contribution is -1.61. The zero-order valence-corrected chi connectivity index (χ0v) is 7.59. The van der Waals surface area contributed by atoms with E-state index in [9.17, 15) is 0 Å². The van der Waals surface area contributed by atoms with E-state index in [4.69, 9.17) is 11.6 Å². The van der Waals surface area contributed by atoms with Crippen molar-refractivity contribution in [2.45, 2.75) is 6.92 Å². The smallest absolute Gasteiger partial charge is 0.0420 e. The summed E-state index contributed by atoms with van der Waals surface area (Å²) in [6, 6.07) is 9.12. The van der Waals surface area contributed by atoms with Gasteiger partial charge in [-0.25, -0.2) is 0 Å². The number of hydrogen-bond donors (Lipinski definition) is 0. The van der Waals surface area contributed by atoms with Crippen LogP contribution in [0.4, 0.5) is 0 Å². The van der Waals surface area contributed by atoms with Gasteiger partial charge in [-0.3, -0.25) is 0 Å². The quantitative estimate of drug-likeness (QED) is 0.582. The molecule has 0 bridgehead atoms. The number of thiophene rings is 1. The number of halogens is 1. The Labute approximate surface area is 74.4 Å². The van der Waals surface area contributed by atoms with Gasteiger partial charge in [0.05, 0.1) is 0 Å². The predicted molar refractivity (Wildman–Crippen MR) is 50.4 cm³/mol. The molecule has 0 N–H and O–H groups in total. The molecule has 1 aromatic heterocycles. The van der Waals surface area contributed by atoms with Crippen molar-refractivity contribution < 1.29 is 0 Å². The third-order valence-corrected chi connectivity index (χ3v) is 2.72. The Kier molecular flexibility index (Phi) is 1.63. The van der Waals surface area contributed by atoms with Crippen LogP contribution in [-0.2, 0) is 0 Å². The molecule has 2 rings (SSSR count). The standard InChI is InChI=1S/C9H6ClS/c1-6-4-7-2-3-8(10)5-9(7)11-6/h2-3,5H,1H3. The van der Waals surface area contributed by atoms with Crippen LogP contribution in [0.25, 0.3) is 10.1 Å². The largest absolute Gasteiger partial charge is 0.140 e. The van der Waals surface area contributed by atoms with Crippen LogP contribution >= 0.6 is 22.9 Å². The molecule has 0 nitrogen and oxygen atoms in total. The molecule has 1 heterocycles. The van der Waals surface area contributed by atoms with Gasteiger partial charge in [0.1, 0.15) is 0 Å². The minimum Gasteiger partial charge on any atom is -0.140 e. The molecule has 0 atom stereocenters. The number of fused-ring (bicyclic) bond motifs is 1. The highest BCUT2D eigenvalue weighted by molar-refractivity contribution is 7.18. The van der Waals surface area contributed by atoms with Gasteiger partial charge in [0.15, 0.2) is 0 Å². The molecule has 55 valence electrons. The first-order valence-electron chi connectivity index (χ1n) is 3.34. The zero-order chi connectivity index (χ0) is 7.84. The summed E-state index contributed by atoms with van der Waals surface area (Å²) in [7, 11) is 0. The van der Waals surface area contributed by atoms with E-state index in [-0.39, 0.29) is 0 Å². The highest BCUT2D eigenvalue weighted by Crippen LogP contribution is 2.26. The van der Waals surface area contributed by atoms with E-state index in [0.29, 0.717) is 0 Å². The van der Waals surface area contributed by atoms with E-state index in [2.05, 4.69) is 13.0 Å². The summed E-state index contributed by atoms with van der Waals surface area (Å²) in [6.07, 6.45) is 0. The van der Waals surface area contributed by atoms with Crippen molar-refractivity contribution in [1.82, 2.24) is 0 Å². The van der Waals surface area contributed by atoms with Crippen molar-refractivity contribution in [2.75, 3.05) is 0 Å². The lowest BCUT2D eigenvalue weighted by molar-refractivity contribution is 1.64. The number of aryl methyl sites for hydroxylation is 1. The number of hydrogen-bond acceptors (Lipinski definition) is 1. The van der Waals surface area contributed by atoms with Crippen LogP contribution in [0.3, 0.4) is 0 Å². The molecule has 0 aliphatic rings. The minimum absolute atomic E-state index is 0.799. The van der Waals surface area contributed by atoms with Gasteiger partial charge in [0, 0.05) is 26.1 Å². The fourth-order valence-corrected chi connectivity index (χ4v) is 2.21. The first kappa shape index (κ1) is 7.14. The van der Waals surface area contributed by atoms with Crippen molar-refractivity contribution >= 4 is 33.0 Å². The third-order valence-electron chi connectivity index (χ3n) is 1.52. The number of rotatable bonds is 0. The highest BCUT2D eigenvalue weighted by atomic mass is 35.5. The molecule has 0 aliphatic heterocycles. The molecular weight excluding hydrogens is 176 g/mol. The van der Waals surface area contributed by atoms with Crippen molar-refractivity contribution in [3.8, 4) is 0 Å². The van der Waals surface area contributed by atoms with Crippen LogP contribution in [0.1, 0.15) is 4.88 Å². The van der Waals surface area contributed by atoms with Crippen molar-refractivity contribution in [3.05, 3.63) is 34.2 Å². The molecule has 0 unspecified atom stereocenters. The summed E-state index contributed by atoms with van der Waals surface area (Å²) >= 11 is 7.55. The van der Waals surface area contributed by atoms with E-state index in [1.807, 2.05) is 18.2 Å². The van der Waals surface area contributed by atoms with Gasteiger partial charge in [-0.1, -0.05) is 17.7 Å². The molecule has 0 saturated carbocycles. The maximum absolute atomic E-state index is 5.82. The van der Waals surface area contributed by atoms with Gasteiger partial charge in [0.25, 0.3) is 0 Å². The molecule has 2 aromatic rings. The maximum atomic E-state index is 5.82.